The maximum atomic E-state index is 12.2. The molecular weight excluding hydrogens is 250 g/mol. The number of methoxy groups -OCH3 is 2. The summed E-state index contributed by atoms with van der Waals surface area (Å²) in [6, 6.07) is 3.92. The minimum Gasteiger partial charge on any atom is -0.497 e. The zero-order valence-corrected chi connectivity index (χ0v) is 10.9. The average Bonchev–Trinajstić information content (AvgIpc) is 2.42. The van der Waals surface area contributed by atoms with Crippen LogP contribution in [0.1, 0.15) is 23.2 Å². The van der Waals surface area contributed by atoms with Gasteiger partial charge in [-0.1, -0.05) is 0 Å². The van der Waals surface area contributed by atoms with Gasteiger partial charge in [0.15, 0.2) is 5.78 Å². The van der Waals surface area contributed by atoms with Crippen LogP contribution in [0.2, 0.25) is 0 Å². The van der Waals surface area contributed by atoms with Crippen molar-refractivity contribution in [3.05, 3.63) is 23.8 Å². The number of hydrogen-bond donors (Lipinski definition) is 2. The Morgan fingerprint density at radius 3 is 2.53 bits per heavy atom. The van der Waals surface area contributed by atoms with Gasteiger partial charge in [0, 0.05) is 6.42 Å². The summed E-state index contributed by atoms with van der Waals surface area (Å²) < 4.78 is 10.1. The highest BCUT2D eigenvalue weighted by molar-refractivity contribution is 6.02. The van der Waals surface area contributed by atoms with Crippen LogP contribution in [0.15, 0.2) is 18.2 Å². The lowest BCUT2D eigenvalue weighted by atomic mass is 10.00. The predicted molar refractivity (Wildman–Crippen MR) is 68.7 cm³/mol. The fraction of sp³-hybridized carbons (Fsp3) is 0.385. The highest BCUT2D eigenvalue weighted by atomic mass is 16.5. The van der Waals surface area contributed by atoms with Crippen molar-refractivity contribution < 1.29 is 24.2 Å². The fourth-order valence-corrected chi connectivity index (χ4v) is 1.62. The molecule has 3 N–H and O–H groups in total. The topological polar surface area (TPSA) is 98.9 Å². The predicted octanol–water partition coefficient (Wildman–Crippen LogP) is 1.08. The third-order valence-corrected chi connectivity index (χ3v) is 2.68. The maximum absolute atomic E-state index is 12.2. The molecule has 6 heteroatoms. The van der Waals surface area contributed by atoms with E-state index in [4.69, 9.17) is 20.3 Å². The first-order chi connectivity index (χ1) is 8.99. The summed E-state index contributed by atoms with van der Waals surface area (Å²) in [4.78, 5) is 22.6. The Balaban J connectivity index is 2.93. The van der Waals surface area contributed by atoms with Crippen molar-refractivity contribution in [2.24, 2.45) is 5.73 Å². The summed E-state index contributed by atoms with van der Waals surface area (Å²) in [7, 11) is 2.93. The lowest BCUT2D eigenvalue weighted by Crippen LogP contribution is -2.31. The van der Waals surface area contributed by atoms with Gasteiger partial charge in [0.1, 0.15) is 11.5 Å². The molecule has 0 aliphatic heterocycles. The van der Waals surface area contributed by atoms with Crippen LogP contribution in [-0.2, 0) is 4.79 Å². The van der Waals surface area contributed by atoms with Crippen molar-refractivity contribution in [3.63, 3.8) is 0 Å². The number of rotatable bonds is 7. The summed E-state index contributed by atoms with van der Waals surface area (Å²) in [5, 5.41) is 8.59. The zero-order chi connectivity index (χ0) is 14.4. The van der Waals surface area contributed by atoms with Gasteiger partial charge < -0.3 is 20.3 Å². The lowest BCUT2D eigenvalue weighted by molar-refractivity contribution is -0.137. The molecule has 0 amide bonds. The van der Waals surface area contributed by atoms with Gasteiger partial charge >= 0.3 is 5.97 Å². The molecule has 1 atom stereocenters. The quantitative estimate of drug-likeness (QED) is 0.717. The molecule has 1 aromatic rings. The van der Waals surface area contributed by atoms with E-state index in [1.165, 1.54) is 20.3 Å². The van der Waals surface area contributed by atoms with Crippen molar-refractivity contribution in [2.45, 2.75) is 18.9 Å². The summed E-state index contributed by atoms with van der Waals surface area (Å²) in [5.74, 6) is -0.455. The molecule has 0 aliphatic carbocycles. The Kier molecular flexibility index (Phi) is 5.32. The first-order valence-corrected chi connectivity index (χ1v) is 5.73. The lowest BCUT2D eigenvalue weighted by Gasteiger charge is -2.13. The number of nitrogens with two attached hydrogens (primary N) is 1. The van der Waals surface area contributed by atoms with E-state index in [1.807, 2.05) is 0 Å². The van der Waals surface area contributed by atoms with E-state index in [2.05, 4.69) is 0 Å². The van der Waals surface area contributed by atoms with Crippen LogP contribution in [0.3, 0.4) is 0 Å². The Hall–Kier alpha value is -2.08. The average molecular weight is 267 g/mol. The van der Waals surface area contributed by atoms with Crippen molar-refractivity contribution in [2.75, 3.05) is 14.2 Å². The number of ether oxygens (including phenoxy) is 2. The smallest absolute Gasteiger partial charge is 0.303 e. The van der Waals surface area contributed by atoms with Gasteiger partial charge in [-0.3, -0.25) is 9.59 Å². The highest BCUT2D eigenvalue weighted by Crippen LogP contribution is 2.25. The van der Waals surface area contributed by atoms with Crippen molar-refractivity contribution in [3.8, 4) is 11.5 Å². The molecule has 0 radical (unpaired) electrons. The number of carboxylic acids is 1. The second kappa shape index (κ2) is 6.75. The van der Waals surface area contributed by atoms with E-state index in [-0.39, 0.29) is 18.6 Å². The van der Waals surface area contributed by atoms with E-state index in [0.717, 1.165) is 0 Å². The van der Waals surface area contributed by atoms with Crippen LogP contribution >= 0.6 is 0 Å². The summed E-state index contributed by atoms with van der Waals surface area (Å²) >= 11 is 0. The minimum absolute atomic E-state index is 0.0779. The van der Waals surface area contributed by atoms with Crippen LogP contribution in [0.5, 0.6) is 11.5 Å². The van der Waals surface area contributed by atoms with E-state index >= 15 is 0 Å². The first-order valence-electron chi connectivity index (χ1n) is 5.73. The third-order valence-electron chi connectivity index (χ3n) is 2.68. The Morgan fingerprint density at radius 1 is 1.32 bits per heavy atom. The van der Waals surface area contributed by atoms with Gasteiger partial charge in [-0.05, 0) is 24.6 Å². The van der Waals surface area contributed by atoms with Crippen LogP contribution in [-0.4, -0.2) is 37.1 Å². The molecule has 0 aliphatic rings. The van der Waals surface area contributed by atoms with Gasteiger partial charge in [0.25, 0.3) is 0 Å². The molecule has 6 nitrogen and oxygen atoms in total. The van der Waals surface area contributed by atoms with Crippen LogP contribution < -0.4 is 15.2 Å². The second-order valence-electron chi connectivity index (χ2n) is 3.97. The number of aliphatic carboxylic acids is 1. The largest absolute Gasteiger partial charge is 0.497 e. The van der Waals surface area contributed by atoms with E-state index in [0.29, 0.717) is 17.1 Å². The summed E-state index contributed by atoms with van der Waals surface area (Å²) in [5.41, 5.74) is 5.99. The number of carbonyl (C=O) groups excluding carboxylic acids is 1. The summed E-state index contributed by atoms with van der Waals surface area (Å²) in [6.07, 6.45) is -0.0757. The van der Waals surface area contributed by atoms with Crippen LogP contribution in [0.4, 0.5) is 0 Å². The zero-order valence-electron chi connectivity index (χ0n) is 10.9. The van der Waals surface area contributed by atoms with Crippen molar-refractivity contribution >= 4 is 11.8 Å². The SMILES string of the molecule is COc1ccc(OC)c(C(=O)C(N)CCC(=O)O)c1. The third kappa shape index (κ3) is 3.96. The standard InChI is InChI=1S/C13H17NO5/c1-18-8-3-5-11(19-2)9(7-8)13(17)10(14)4-6-12(15)16/h3,5,7,10H,4,6,14H2,1-2H3,(H,15,16). The van der Waals surface area contributed by atoms with Gasteiger partial charge in [-0.15, -0.1) is 0 Å². The molecule has 1 rings (SSSR count). The number of Topliss-reactive ketones (excluding diaryl/α,β-unsaturated/α-hetero) is 1. The number of ketones is 1. The van der Waals surface area contributed by atoms with Crippen molar-refractivity contribution in [1.82, 2.24) is 0 Å². The molecule has 0 spiro atoms. The molecule has 0 heterocycles. The minimum atomic E-state index is -0.985. The first kappa shape index (κ1) is 15.0. The molecule has 0 saturated carbocycles. The monoisotopic (exact) mass is 267 g/mol. The Labute approximate surface area is 111 Å². The van der Waals surface area contributed by atoms with Gasteiger partial charge in [-0.25, -0.2) is 0 Å². The van der Waals surface area contributed by atoms with Gasteiger partial charge in [0.05, 0.1) is 25.8 Å². The van der Waals surface area contributed by atoms with E-state index < -0.39 is 12.0 Å². The molecule has 19 heavy (non-hydrogen) atoms. The van der Waals surface area contributed by atoms with Gasteiger partial charge in [-0.2, -0.15) is 0 Å². The second-order valence-corrected chi connectivity index (χ2v) is 3.97. The highest BCUT2D eigenvalue weighted by Gasteiger charge is 2.21. The van der Waals surface area contributed by atoms with Crippen LogP contribution in [0.25, 0.3) is 0 Å². The van der Waals surface area contributed by atoms with E-state index in [1.54, 1.807) is 12.1 Å². The van der Waals surface area contributed by atoms with Gasteiger partial charge in [0.2, 0.25) is 0 Å². The number of benzene rings is 1. The number of carbonyl (C=O) groups is 2. The molecule has 0 bridgehead atoms. The molecular formula is C13H17NO5. The van der Waals surface area contributed by atoms with Crippen LogP contribution in [0, 0.1) is 0 Å². The molecule has 1 aromatic carbocycles. The normalized spacial score (nSPS) is 11.7. The maximum Gasteiger partial charge on any atom is 0.303 e. The molecule has 1 unspecified atom stereocenters. The van der Waals surface area contributed by atoms with E-state index in [9.17, 15) is 9.59 Å². The fourth-order valence-electron chi connectivity index (χ4n) is 1.62. The number of carboxylic acid groups (broad SMARTS) is 1. The Bertz CT molecular complexity index is 472. The number of hydrogen-bond acceptors (Lipinski definition) is 5. The summed E-state index contributed by atoms with van der Waals surface area (Å²) in [6.45, 7) is 0. The van der Waals surface area contributed by atoms with Crippen molar-refractivity contribution in [1.29, 1.82) is 0 Å². The molecule has 0 fully saturated rings. The Morgan fingerprint density at radius 2 is 2.00 bits per heavy atom. The molecule has 0 aromatic heterocycles. The molecule has 104 valence electrons. The molecule has 0 saturated heterocycles.